The summed E-state index contributed by atoms with van der Waals surface area (Å²) in [5.41, 5.74) is 3.57. The van der Waals surface area contributed by atoms with Gasteiger partial charge < -0.3 is 14.5 Å². The van der Waals surface area contributed by atoms with Crippen molar-refractivity contribution in [3.05, 3.63) is 51.5 Å². The van der Waals surface area contributed by atoms with Crippen molar-refractivity contribution >= 4 is 55.8 Å². The summed E-state index contributed by atoms with van der Waals surface area (Å²) in [5.74, 6) is 0.412. The van der Waals surface area contributed by atoms with Crippen LogP contribution in [0.3, 0.4) is 0 Å². The summed E-state index contributed by atoms with van der Waals surface area (Å²) in [4.78, 5) is 21.4. The van der Waals surface area contributed by atoms with E-state index >= 15 is 0 Å². The zero-order valence-electron chi connectivity index (χ0n) is 16.2. The summed E-state index contributed by atoms with van der Waals surface area (Å²) in [7, 11) is 0. The molecule has 1 amide bonds. The fourth-order valence-electron chi connectivity index (χ4n) is 3.32. The van der Waals surface area contributed by atoms with Crippen molar-refractivity contribution in [2.45, 2.75) is 13.8 Å². The van der Waals surface area contributed by atoms with Gasteiger partial charge in [0.2, 0.25) is 0 Å². The quantitative estimate of drug-likeness (QED) is 0.565. The highest BCUT2D eigenvalue weighted by atomic mass is 35.5. The molecule has 0 radical (unpaired) electrons. The highest BCUT2D eigenvalue weighted by Gasteiger charge is 2.24. The predicted molar refractivity (Wildman–Crippen MR) is 120 cm³/mol. The lowest BCUT2D eigenvalue weighted by molar-refractivity contribution is -0.133. The molecule has 0 aliphatic carbocycles. The Hall–Kier alpha value is -2.02. The molecule has 1 saturated heterocycles. The van der Waals surface area contributed by atoms with Crippen molar-refractivity contribution in [3.8, 4) is 5.75 Å². The van der Waals surface area contributed by atoms with Gasteiger partial charge in [-0.05, 0) is 49.2 Å². The molecule has 0 bridgehead atoms. The van der Waals surface area contributed by atoms with E-state index in [1.54, 1.807) is 29.5 Å². The van der Waals surface area contributed by atoms with Gasteiger partial charge in [-0.3, -0.25) is 4.79 Å². The van der Waals surface area contributed by atoms with E-state index < -0.39 is 0 Å². The Morgan fingerprint density at radius 3 is 2.62 bits per heavy atom. The predicted octanol–water partition coefficient (Wildman–Crippen LogP) is 4.95. The number of aromatic nitrogens is 1. The molecule has 152 valence electrons. The summed E-state index contributed by atoms with van der Waals surface area (Å²) in [6.45, 7) is 6.98. The average Bonchev–Trinajstić information content (AvgIpc) is 3.15. The molecule has 2 aromatic carbocycles. The molecule has 0 saturated carbocycles. The van der Waals surface area contributed by atoms with Crippen LogP contribution in [0.15, 0.2) is 30.3 Å². The van der Waals surface area contributed by atoms with Gasteiger partial charge in [0.25, 0.3) is 5.91 Å². The van der Waals surface area contributed by atoms with Gasteiger partial charge in [-0.25, -0.2) is 4.98 Å². The van der Waals surface area contributed by atoms with Gasteiger partial charge in [0.1, 0.15) is 5.75 Å². The number of benzene rings is 2. The van der Waals surface area contributed by atoms with Crippen molar-refractivity contribution in [2.24, 2.45) is 0 Å². The Kier molecular flexibility index (Phi) is 5.86. The Balaban J connectivity index is 1.35. The molecule has 1 aliphatic heterocycles. The minimum Gasteiger partial charge on any atom is -0.482 e. The number of thiazole rings is 1. The van der Waals surface area contributed by atoms with Gasteiger partial charge in [0.05, 0.1) is 15.2 Å². The SMILES string of the molecule is Cc1ccc2sc(N3CCN(C(=O)COc4ccc(Cl)cc4Cl)CC3)nc2c1C. The molecule has 5 nitrogen and oxygen atoms in total. The van der Waals surface area contributed by atoms with E-state index in [1.165, 1.54) is 15.8 Å². The maximum Gasteiger partial charge on any atom is 0.260 e. The number of rotatable bonds is 4. The van der Waals surface area contributed by atoms with Crippen molar-refractivity contribution in [1.29, 1.82) is 0 Å². The highest BCUT2D eigenvalue weighted by molar-refractivity contribution is 7.22. The first-order valence-electron chi connectivity index (χ1n) is 9.39. The smallest absolute Gasteiger partial charge is 0.260 e. The van der Waals surface area contributed by atoms with Crippen LogP contribution in [-0.2, 0) is 4.79 Å². The monoisotopic (exact) mass is 449 g/mol. The van der Waals surface area contributed by atoms with E-state index in [2.05, 4.69) is 30.9 Å². The Labute approximate surface area is 183 Å². The molecule has 0 N–H and O–H groups in total. The minimum absolute atomic E-state index is 0.0407. The largest absolute Gasteiger partial charge is 0.482 e. The number of carbonyl (C=O) groups excluding carboxylic acids is 1. The normalized spacial score (nSPS) is 14.5. The lowest BCUT2D eigenvalue weighted by atomic mass is 10.1. The van der Waals surface area contributed by atoms with E-state index in [4.69, 9.17) is 32.9 Å². The molecule has 4 rings (SSSR count). The molecule has 0 spiro atoms. The van der Waals surface area contributed by atoms with E-state index in [0.717, 1.165) is 23.7 Å². The summed E-state index contributed by atoms with van der Waals surface area (Å²) >= 11 is 13.7. The molecule has 1 aromatic heterocycles. The third-order valence-electron chi connectivity index (χ3n) is 5.22. The number of hydrogen-bond donors (Lipinski definition) is 0. The first-order chi connectivity index (χ1) is 13.9. The van der Waals surface area contributed by atoms with Crippen LogP contribution in [-0.4, -0.2) is 48.6 Å². The third-order valence-corrected chi connectivity index (χ3v) is 6.83. The van der Waals surface area contributed by atoms with E-state index in [0.29, 0.717) is 28.9 Å². The van der Waals surface area contributed by atoms with Gasteiger partial charge in [-0.2, -0.15) is 0 Å². The van der Waals surface area contributed by atoms with Gasteiger partial charge in [-0.15, -0.1) is 0 Å². The summed E-state index contributed by atoms with van der Waals surface area (Å²) in [6.07, 6.45) is 0. The van der Waals surface area contributed by atoms with Crippen molar-refractivity contribution in [2.75, 3.05) is 37.7 Å². The second-order valence-corrected chi connectivity index (χ2v) is 8.93. The van der Waals surface area contributed by atoms with Crippen LogP contribution in [0, 0.1) is 13.8 Å². The number of carbonyl (C=O) groups is 1. The van der Waals surface area contributed by atoms with Crippen molar-refractivity contribution < 1.29 is 9.53 Å². The van der Waals surface area contributed by atoms with Crippen LogP contribution < -0.4 is 9.64 Å². The zero-order chi connectivity index (χ0) is 20.5. The zero-order valence-corrected chi connectivity index (χ0v) is 18.6. The number of aryl methyl sites for hydroxylation is 2. The number of halogens is 2. The van der Waals surface area contributed by atoms with Crippen molar-refractivity contribution in [3.63, 3.8) is 0 Å². The summed E-state index contributed by atoms with van der Waals surface area (Å²) in [5, 5.41) is 1.95. The van der Waals surface area contributed by atoms with E-state index in [-0.39, 0.29) is 12.5 Å². The topological polar surface area (TPSA) is 45.7 Å². The van der Waals surface area contributed by atoms with Gasteiger partial charge in [-0.1, -0.05) is 40.6 Å². The molecule has 3 aromatic rings. The molecule has 1 fully saturated rings. The fourth-order valence-corrected chi connectivity index (χ4v) is 4.86. The van der Waals surface area contributed by atoms with Gasteiger partial charge in [0.15, 0.2) is 11.7 Å². The average molecular weight is 450 g/mol. The summed E-state index contributed by atoms with van der Waals surface area (Å²) < 4.78 is 6.78. The van der Waals surface area contributed by atoms with Crippen LogP contribution in [0.1, 0.15) is 11.1 Å². The third kappa shape index (κ3) is 4.29. The van der Waals surface area contributed by atoms with E-state index in [9.17, 15) is 4.79 Å². The Bertz CT molecular complexity index is 1060. The van der Waals surface area contributed by atoms with Crippen LogP contribution in [0.4, 0.5) is 5.13 Å². The molecule has 0 atom stereocenters. The molecule has 1 aliphatic rings. The fraction of sp³-hybridized carbons (Fsp3) is 0.333. The maximum atomic E-state index is 12.5. The number of anilines is 1. The number of amides is 1. The standard InChI is InChI=1S/C21H21Cl2N3O2S/c1-13-3-6-18-20(14(13)2)24-21(29-18)26-9-7-25(8-10-26)19(27)12-28-17-5-4-15(22)11-16(17)23/h3-6,11H,7-10,12H2,1-2H3. The van der Waals surface area contributed by atoms with Crippen LogP contribution in [0.2, 0.25) is 10.0 Å². The molecule has 0 unspecified atom stereocenters. The highest BCUT2D eigenvalue weighted by Crippen LogP contribution is 2.32. The second kappa shape index (κ2) is 8.38. The molecular weight excluding hydrogens is 429 g/mol. The van der Waals surface area contributed by atoms with Gasteiger partial charge >= 0.3 is 0 Å². The van der Waals surface area contributed by atoms with Gasteiger partial charge in [0, 0.05) is 31.2 Å². The second-order valence-electron chi connectivity index (χ2n) is 7.08. The minimum atomic E-state index is -0.0496. The molecule has 8 heteroatoms. The number of hydrogen-bond acceptors (Lipinski definition) is 5. The summed E-state index contributed by atoms with van der Waals surface area (Å²) in [6, 6.07) is 9.24. The Morgan fingerprint density at radius 2 is 1.90 bits per heavy atom. The van der Waals surface area contributed by atoms with Crippen molar-refractivity contribution in [1.82, 2.24) is 9.88 Å². The number of ether oxygens (including phenoxy) is 1. The van der Waals surface area contributed by atoms with Crippen LogP contribution in [0.5, 0.6) is 5.75 Å². The maximum absolute atomic E-state index is 12.5. The lowest BCUT2D eigenvalue weighted by Gasteiger charge is -2.34. The first-order valence-corrected chi connectivity index (χ1v) is 11.0. The lowest BCUT2D eigenvalue weighted by Crippen LogP contribution is -2.50. The molecule has 2 heterocycles. The Morgan fingerprint density at radius 1 is 1.14 bits per heavy atom. The first kappa shape index (κ1) is 20.3. The number of piperazine rings is 1. The van der Waals surface area contributed by atoms with E-state index in [1.807, 2.05) is 4.90 Å². The number of nitrogens with zero attached hydrogens (tertiary/aromatic N) is 3. The molecular formula is C21H21Cl2N3O2S. The number of fused-ring (bicyclic) bond motifs is 1. The van der Waals surface area contributed by atoms with Crippen LogP contribution in [0.25, 0.3) is 10.2 Å². The van der Waals surface area contributed by atoms with Crippen LogP contribution >= 0.6 is 34.5 Å². The molecule has 29 heavy (non-hydrogen) atoms.